The van der Waals surface area contributed by atoms with Crippen molar-refractivity contribution in [1.82, 2.24) is 19.9 Å². The normalized spacial score (nSPS) is 11.0. The molecule has 0 atom stereocenters. The fraction of sp³-hybridized carbons (Fsp3) is 0.200. The standard InChI is InChI=1S/C25H23Cl3N6O3S/c1-3-34(12-20-29-6-7-30-20)11-14-13-38-23(21(14)28)25(36)33-22-17(8-16(27)9-18(22)37-2)24(35)32-19-5-4-15(26)10-31-19/h4-10,13H,3,11-12H2,1-2H3,(H,29,30)(H,33,36)(H,31,32,35). The van der Waals surface area contributed by atoms with Gasteiger partial charge in [0.15, 0.2) is 0 Å². The molecular weight excluding hydrogens is 571 g/mol. The zero-order valence-corrected chi connectivity index (χ0v) is 23.4. The SMILES string of the molecule is CCN(Cc1ncc[nH]1)Cc1csc(C(=O)Nc2c(OC)cc(Cl)cc2C(=O)Nc2ccc(Cl)cn2)c1Cl. The molecule has 3 heterocycles. The number of rotatable bonds is 10. The molecule has 0 aliphatic rings. The van der Waals surface area contributed by atoms with Gasteiger partial charge < -0.3 is 20.4 Å². The second-order valence-electron chi connectivity index (χ2n) is 8.04. The van der Waals surface area contributed by atoms with Crippen molar-refractivity contribution in [2.75, 3.05) is 24.3 Å². The number of hydrogen-bond acceptors (Lipinski definition) is 7. The van der Waals surface area contributed by atoms with E-state index in [1.165, 1.54) is 36.8 Å². The van der Waals surface area contributed by atoms with E-state index in [1.54, 1.807) is 24.5 Å². The Morgan fingerprint density at radius 1 is 1.08 bits per heavy atom. The molecular formula is C25H23Cl3N6O3S. The summed E-state index contributed by atoms with van der Waals surface area (Å²) in [6.07, 6.45) is 4.88. The van der Waals surface area contributed by atoms with Gasteiger partial charge in [-0.1, -0.05) is 41.7 Å². The molecule has 0 fully saturated rings. The van der Waals surface area contributed by atoms with Crippen LogP contribution in [0.5, 0.6) is 5.75 Å². The molecule has 3 N–H and O–H groups in total. The average Bonchev–Trinajstić information content (AvgIpc) is 3.55. The van der Waals surface area contributed by atoms with Crippen LogP contribution >= 0.6 is 46.1 Å². The van der Waals surface area contributed by atoms with Crippen LogP contribution in [-0.4, -0.2) is 45.3 Å². The number of pyridine rings is 1. The van der Waals surface area contributed by atoms with Gasteiger partial charge in [0.05, 0.1) is 35.0 Å². The molecule has 0 aliphatic heterocycles. The minimum atomic E-state index is -0.551. The summed E-state index contributed by atoms with van der Waals surface area (Å²) in [6, 6.07) is 6.08. The Hall–Kier alpha value is -3.15. The molecule has 3 aromatic heterocycles. The van der Waals surface area contributed by atoms with Crippen molar-refractivity contribution in [3.8, 4) is 5.75 Å². The van der Waals surface area contributed by atoms with Crippen LogP contribution in [0.25, 0.3) is 0 Å². The number of H-pyrrole nitrogens is 1. The van der Waals surface area contributed by atoms with Crippen molar-refractivity contribution in [2.24, 2.45) is 0 Å². The van der Waals surface area contributed by atoms with Gasteiger partial charge in [-0.3, -0.25) is 14.5 Å². The maximum Gasteiger partial charge on any atom is 0.267 e. The predicted octanol–water partition coefficient (Wildman–Crippen LogP) is 6.36. The number of amides is 2. The van der Waals surface area contributed by atoms with E-state index in [0.29, 0.717) is 28.0 Å². The van der Waals surface area contributed by atoms with E-state index in [0.717, 1.165) is 17.9 Å². The summed E-state index contributed by atoms with van der Waals surface area (Å²) in [6.45, 7) is 3.94. The molecule has 0 radical (unpaired) electrons. The highest BCUT2D eigenvalue weighted by atomic mass is 35.5. The van der Waals surface area contributed by atoms with Crippen molar-refractivity contribution >= 4 is 69.5 Å². The van der Waals surface area contributed by atoms with Crippen molar-refractivity contribution in [3.63, 3.8) is 0 Å². The molecule has 1 aromatic carbocycles. The van der Waals surface area contributed by atoms with E-state index in [-0.39, 0.29) is 27.8 Å². The highest BCUT2D eigenvalue weighted by Gasteiger charge is 2.24. The number of methoxy groups -OCH3 is 1. The van der Waals surface area contributed by atoms with E-state index < -0.39 is 11.8 Å². The summed E-state index contributed by atoms with van der Waals surface area (Å²) in [7, 11) is 1.42. The third-order valence-corrected chi connectivity index (χ3v) is 7.53. The van der Waals surface area contributed by atoms with Gasteiger partial charge in [0.25, 0.3) is 11.8 Å². The van der Waals surface area contributed by atoms with E-state index in [2.05, 4.69) is 30.5 Å². The van der Waals surface area contributed by atoms with Crippen molar-refractivity contribution in [2.45, 2.75) is 20.0 Å². The number of carbonyl (C=O) groups is 2. The lowest BCUT2D eigenvalue weighted by molar-refractivity contribution is 0.102. The Morgan fingerprint density at radius 3 is 2.55 bits per heavy atom. The van der Waals surface area contributed by atoms with E-state index in [9.17, 15) is 9.59 Å². The molecule has 0 spiro atoms. The van der Waals surface area contributed by atoms with Gasteiger partial charge in [-0.25, -0.2) is 9.97 Å². The first-order valence-electron chi connectivity index (χ1n) is 11.4. The minimum Gasteiger partial charge on any atom is -0.494 e. The number of anilines is 2. The zero-order valence-electron chi connectivity index (χ0n) is 20.3. The first kappa shape index (κ1) is 27.9. The maximum absolute atomic E-state index is 13.3. The Balaban J connectivity index is 1.56. The zero-order chi connectivity index (χ0) is 27.2. The van der Waals surface area contributed by atoms with Crippen LogP contribution in [0.4, 0.5) is 11.5 Å². The van der Waals surface area contributed by atoms with E-state index in [4.69, 9.17) is 39.5 Å². The molecule has 0 unspecified atom stereocenters. The highest BCUT2D eigenvalue weighted by Crippen LogP contribution is 2.35. The first-order chi connectivity index (χ1) is 18.3. The molecule has 9 nitrogen and oxygen atoms in total. The Morgan fingerprint density at radius 2 is 1.89 bits per heavy atom. The van der Waals surface area contributed by atoms with Gasteiger partial charge in [-0.15, -0.1) is 11.3 Å². The Bertz CT molecular complexity index is 1430. The van der Waals surface area contributed by atoms with Crippen LogP contribution in [0.3, 0.4) is 0 Å². The first-order valence-corrected chi connectivity index (χ1v) is 13.4. The summed E-state index contributed by atoms with van der Waals surface area (Å²) < 4.78 is 5.41. The van der Waals surface area contributed by atoms with Crippen LogP contribution in [0.1, 0.15) is 38.3 Å². The van der Waals surface area contributed by atoms with Crippen LogP contribution in [0.2, 0.25) is 15.1 Å². The number of thiophene rings is 1. The van der Waals surface area contributed by atoms with Gasteiger partial charge in [-0.2, -0.15) is 0 Å². The van der Waals surface area contributed by atoms with Gasteiger partial charge >= 0.3 is 0 Å². The number of nitrogens with one attached hydrogen (secondary N) is 3. The second kappa shape index (κ2) is 12.6. The number of carbonyl (C=O) groups excluding carboxylic acids is 2. The molecule has 4 rings (SSSR count). The molecule has 198 valence electrons. The van der Waals surface area contributed by atoms with Crippen LogP contribution < -0.4 is 15.4 Å². The van der Waals surface area contributed by atoms with Crippen molar-refractivity contribution in [3.05, 3.63) is 85.1 Å². The van der Waals surface area contributed by atoms with Gasteiger partial charge in [0, 0.05) is 36.2 Å². The molecule has 0 saturated carbocycles. The second-order valence-corrected chi connectivity index (χ2v) is 10.2. The number of hydrogen-bond donors (Lipinski definition) is 3. The van der Waals surface area contributed by atoms with E-state index >= 15 is 0 Å². The number of halogens is 3. The summed E-state index contributed by atoms with van der Waals surface area (Å²) in [5.41, 5.74) is 1.04. The summed E-state index contributed by atoms with van der Waals surface area (Å²) in [5, 5.41) is 8.32. The largest absolute Gasteiger partial charge is 0.494 e. The molecule has 2 amide bonds. The fourth-order valence-corrected chi connectivity index (χ4v) is 5.17. The summed E-state index contributed by atoms with van der Waals surface area (Å²) in [5.74, 6) is 0.288. The summed E-state index contributed by atoms with van der Waals surface area (Å²) in [4.78, 5) is 40.3. The lowest BCUT2D eigenvalue weighted by Crippen LogP contribution is -2.23. The number of aromatic amines is 1. The number of benzene rings is 1. The third-order valence-electron chi connectivity index (χ3n) is 5.51. The third kappa shape index (κ3) is 6.64. The summed E-state index contributed by atoms with van der Waals surface area (Å²) >= 11 is 20.0. The lowest BCUT2D eigenvalue weighted by atomic mass is 10.1. The topological polar surface area (TPSA) is 112 Å². The molecule has 13 heteroatoms. The Labute approximate surface area is 238 Å². The molecule has 0 bridgehead atoms. The number of aromatic nitrogens is 3. The number of imidazole rings is 1. The lowest BCUT2D eigenvalue weighted by Gasteiger charge is -2.18. The predicted molar refractivity (Wildman–Crippen MR) is 151 cm³/mol. The van der Waals surface area contributed by atoms with Crippen LogP contribution in [-0.2, 0) is 13.1 Å². The number of ether oxygens (including phenoxy) is 1. The van der Waals surface area contributed by atoms with Crippen molar-refractivity contribution < 1.29 is 14.3 Å². The Kier molecular flexibility index (Phi) is 9.24. The van der Waals surface area contributed by atoms with Crippen LogP contribution in [0, 0.1) is 0 Å². The molecule has 0 saturated heterocycles. The monoisotopic (exact) mass is 592 g/mol. The number of nitrogens with zero attached hydrogens (tertiary/aromatic N) is 3. The minimum absolute atomic E-state index is 0.0861. The highest BCUT2D eigenvalue weighted by molar-refractivity contribution is 7.13. The van der Waals surface area contributed by atoms with Gasteiger partial charge in [0.1, 0.15) is 22.3 Å². The van der Waals surface area contributed by atoms with Gasteiger partial charge in [0.2, 0.25) is 0 Å². The smallest absolute Gasteiger partial charge is 0.267 e. The van der Waals surface area contributed by atoms with Crippen molar-refractivity contribution in [1.29, 1.82) is 0 Å². The fourth-order valence-electron chi connectivity index (χ4n) is 3.61. The maximum atomic E-state index is 13.3. The molecule has 0 aliphatic carbocycles. The van der Waals surface area contributed by atoms with E-state index in [1.807, 2.05) is 12.3 Å². The average molecular weight is 594 g/mol. The molecule has 4 aromatic rings. The molecule has 38 heavy (non-hydrogen) atoms. The van der Waals surface area contributed by atoms with Gasteiger partial charge in [-0.05, 0) is 35.7 Å². The van der Waals surface area contributed by atoms with Crippen LogP contribution in [0.15, 0.2) is 48.2 Å². The quantitative estimate of drug-likeness (QED) is 0.197.